The van der Waals surface area contributed by atoms with Crippen molar-refractivity contribution in [2.45, 2.75) is 24.5 Å². The summed E-state index contributed by atoms with van der Waals surface area (Å²) in [4.78, 5) is 4.25. The first-order chi connectivity index (χ1) is 9.28. The van der Waals surface area contributed by atoms with Crippen LogP contribution in [0.3, 0.4) is 0 Å². The third-order valence-electron chi connectivity index (χ3n) is 3.34. The van der Waals surface area contributed by atoms with E-state index in [-0.39, 0.29) is 4.75 Å². The first kappa shape index (κ1) is 14.2. The average Bonchev–Trinajstić information content (AvgIpc) is 2.47. The van der Waals surface area contributed by atoms with Gasteiger partial charge in [0.25, 0.3) is 0 Å². The Morgan fingerprint density at radius 3 is 2.84 bits per heavy atom. The van der Waals surface area contributed by atoms with Crippen molar-refractivity contribution in [3.05, 3.63) is 23.9 Å². The van der Waals surface area contributed by atoms with Crippen molar-refractivity contribution in [3.8, 4) is 6.07 Å². The van der Waals surface area contributed by atoms with Crippen molar-refractivity contribution >= 4 is 17.6 Å². The number of nitrogens with zero attached hydrogens (tertiary/aromatic N) is 2. The van der Waals surface area contributed by atoms with E-state index in [1.807, 2.05) is 17.8 Å². The number of pyridine rings is 1. The molecule has 4 nitrogen and oxygen atoms in total. The summed E-state index contributed by atoms with van der Waals surface area (Å²) in [7, 11) is 0. The number of ether oxygens (including phenoxy) is 1. The van der Waals surface area contributed by atoms with E-state index < -0.39 is 0 Å². The smallest absolute Gasteiger partial charge is 0.126 e. The van der Waals surface area contributed by atoms with Crippen molar-refractivity contribution < 1.29 is 4.74 Å². The van der Waals surface area contributed by atoms with Gasteiger partial charge in [-0.2, -0.15) is 17.0 Å². The molecule has 5 heteroatoms. The third-order valence-corrected chi connectivity index (χ3v) is 4.79. The number of nitriles is 1. The zero-order chi connectivity index (χ0) is 13.6. The standard InChI is InChI=1S/C14H19N3OS/c1-2-19-14(5-7-18-8-6-14)11-17-13-4-3-12(9-15)10-16-13/h3-4,10H,2,5-8,11H2,1H3,(H,16,17). The minimum Gasteiger partial charge on any atom is -0.381 e. The van der Waals surface area contributed by atoms with Crippen molar-refractivity contribution in [3.63, 3.8) is 0 Å². The van der Waals surface area contributed by atoms with E-state index in [0.29, 0.717) is 5.56 Å². The van der Waals surface area contributed by atoms with Crippen LogP contribution in [0.15, 0.2) is 18.3 Å². The molecule has 0 bridgehead atoms. The normalized spacial score (nSPS) is 17.7. The summed E-state index contributed by atoms with van der Waals surface area (Å²) < 4.78 is 5.71. The summed E-state index contributed by atoms with van der Waals surface area (Å²) in [5.41, 5.74) is 0.592. The van der Waals surface area contributed by atoms with Gasteiger partial charge in [-0.15, -0.1) is 0 Å². The zero-order valence-electron chi connectivity index (χ0n) is 11.2. The van der Waals surface area contributed by atoms with Crippen LogP contribution in [0.2, 0.25) is 0 Å². The maximum absolute atomic E-state index is 8.75. The second kappa shape index (κ2) is 6.78. The Hall–Kier alpha value is -1.25. The number of rotatable bonds is 5. The Morgan fingerprint density at radius 2 is 2.26 bits per heavy atom. The highest BCUT2D eigenvalue weighted by molar-refractivity contribution is 8.00. The molecule has 19 heavy (non-hydrogen) atoms. The van der Waals surface area contributed by atoms with E-state index >= 15 is 0 Å². The van der Waals surface area contributed by atoms with Gasteiger partial charge < -0.3 is 10.1 Å². The van der Waals surface area contributed by atoms with Crippen LogP contribution in [-0.4, -0.2) is 35.2 Å². The maximum atomic E-state index is 8.75. The molecule has 1 N–H and O–H groups in total. The molecular weight excluding hydrogens is 258 g/mol. The molecule has 1 saturated heterocycles. The lowest BCUT2D eigenvalue weighted by Gasteiger charge is -2.36. The van der Waals surface area contributed by atoms with Gasteiger partial charge in [0.1, 0.15) is 11.9 Å². The molecule has 0 radical (unpaired) electrons. The molecule has 1 fully saturated rings. The topological polar surface area (TPSA) is 57.9 Å². The van der Waals surface area contributed by atoms with E-state index in [2.05, 4.69) is 23.3 Å². The quantitative estimate of drug-likeness (QED) is 0.896. The van der Waals surface area contributed by atoms with Gasteiger partial charge in [0, 0.05) is 30.7 Å². The van der Waals surface area contributed by atoms with Gasteiger partial charge in [0.2, 0.25) is 0 Å². The van der Waals surface area contributed by atoms with Crippen LogP contribution >= 0.6 is 11.8 Å². The molecule has 0 aromatic carbocycles. The maximum Gasteiger partial charge on any atom is 0.126 e. The molecule has 0 atom stereocenters. The van der Waals surface area contributed by atoms with Crippen LogP contribution in [-0.2, 0) is 4.74 Å². The Kier molecular flexibility index (Phi) is 5.06. The van der Waals surface area contributed by atoms with Crippen LogP contribution in [0.1, 0.15) is 25.3 Å². The van der Waals surface area contributed by atoms with Crippen LogP contribution in [0.5, 0.6) is 0 Å². The Bertz CT molecular complexity index is 429. The number of thioether (sulfide) groups is 1. The molecule has 1 aliphatic heterocycles. The van der Waals surface area contributed by atoms with Crippen molar-refractivity contribution in [1.82, 2.24) is 4.98 Å². The molecule has 0 spiro atoms. The minimum atomic E-state index is 0.253. The molecular formula is C14H19N3OS. The fourth-order valence-corrected chi connectivity index (χ4v) is 3.48. The second-order valence-corrected chi connectivity index (χ2v) is 6.36. The first-order valence-corrected chi connectivity index (χ1v) is 7.58. The number of nitrogens with one attached hydrogen (secondary N) is 1. The van der Waals surface area contributed by atoms with Crippen LogP contribution < -0.4 is 5.32 Å². The van der Waals surface area contributed by atoms with Gasteiger partial charge in [-0.1, -0.05) is 6.92 Å². The summed E-state index contributed by atoms with van der Waals surface area (Å²) in [6.07, 6.45) is 3.76. The van der Waals surface area contributed by atoms with E-state index in [1.54, 1.807) is 12.3 Å². The van der Waals surface area contributed by atoms with Crippen LogP contribution in [0, 0.1) is 11.3 Å². The summed E-state index contributed by atoms with van der Waals surface area (Å²) >= 11 is 2.00. The summed E-state index contributed by atoms with van der Waals surface area (Å²) in [6, 6.07) is 5.73. The molecule has 2 rings (SSSR count). The highest BCUT2D eigenvalue weighted by Crippen LogP contribution is 2.35. The van der Waals surface area contributed by atoms with E-state index in [4.69, 9.17) is 10.00 Å². The molecule has 0 aliphatic carbocycles. The second-order valence-electron chi connectivity index (χ2n) is 4.63. The summed E-state index contributed by atoms with van der Waals surface area (Å²) in [5, 5.41) is 12.1. The molecule has 102 valence electrons. The Morgan fingerprint density at radius 1 is 1.47 bits per heavy atom. The number of aromatic nitrogens is 1. The summed E-state index contributed by atoms with van der Waals surface area (Å²) in [5.74, 6) is 1.95. The van der Waals surface area contributed by atoms with Gasteiger partial charge >= 0.3 is 0 Å². The number of anilines is 1. The van der Waals surface area contributed by atoms with Crippen LogP contribution in [0.4, 0.5) is 5.82 Å². The lowest BCUT2D eigenvalue weighted by molar-refractivity contribution is 0.0801. The van der Waals surface area contributed by atoms with Gasteiger partial charge in [-0.25, -0.2) is 4.98 Å². The van der Waals surface area contributed by atoms with Crippen molar-refractivity contribution in [2.24, 2.45) is 0 Å². The van der Waals surface area contributed by atoms with E-state index in [9.17, 15) is 0 Å². The largest absolute Gasteiger partial charge is 0.381 e. The highest BCUT2D eigenvalue weighted by Gasteiger charge is 2.32. The predicted molar refractivity (Wildman–Crippen MR) is 78.4 cm³/mol. The fraction of sp³-hybridized carbons (Fsp3) is 0.571. The number of hydrogen-bond donors (Lipinski definition) is 1. The first-order valence-electron chi connectivity index (χ1n) is 6.60. The lowest BCUT2D eigenvalue weighted by atomic mass is 9.99. The molecule has 1 aromatic heterocycles. The summed E-state index contributed by atoms with van der Waals surface area (Å²) in [6.45, 7) is 4.78. The third kappa shape index (κ3) is 3.85. The van der Waals surface area contributed by atoms with E-state index in [1.165, 1.54) is 0 Å². The van der Waals surface area contributed by atoms with Gasteiger partial charge in [-0.05, 0) is 30.7 Å². The fourth-order valence-electron chi connectivity index (χ4n) is 2.24. The molecule has 1 aliphatic rings. The van der Waals surface area contributed by atoms with Gasteiger partial charge in [0.05, 0.1) is 5.56 Å². The molecule has 0 saturated carbocycles. The Balaban J connectivity index is 1.96. The van der Waals surface area contributed by atoms with Gasteiger partial charge in [-0.3, -0.25) is 0 Å². The highest BCUT2D eigenvalue weighted by atomic mass is 32.2. The van der Waals surface area contributed by atoms with Crippen molar-refractivity contribution in [2.75, 3.05) is 30.8 Å². The monoisotopic (exact) mass is 277 g/mol. The zero-order valence-corrected chi connectivity index (χ0v) is 12.0. The minimum absolute atomic E-state index is 0.253. The lowest BCUT2D eigenvalue weighted by Crippen LogP contribution is -2.40. The molecule has 0 unspecified atom stereocenters. The average molecular weight is 277 g/mol. The Labute approximate surface area is 118 Å². The molecule has 0 amide bonds. The molecule has 2 heterocycles. The SMILES string of the molecule is CCSC1(CNc2ccc(C#N)cn2)CCOCC1. The number of hydrogen-bond acceptors (Lipinski definition) is 5. The van der Waals surface area contributed by atoms with Gasteiger partial charge in [0.15, 0.2) is 0 Å². The van der Waals surface area contributed by atoms with Crippen molar-refractivity contribution in [1.29, 1.82) is 5.26 Å². The molecule has 1 aromatic rings. The predicted octanol–water partition coefficient (Wildman–Crippen LogP) is 2.67. The van der Waals surface area contributed by atoms with Crippen LogP contribution in [0.25, 0.3) is 0 Å². The van der Waals surface area contributed by atoms with E-state index in [0.717, 1.165) is 44.2 Å².